The van der Waals surface area contributed by atoms with E-state index < -0.39 is 5.91 Å². The van der Waals surface area contributed by atoms with Crippen molar-refractivity contribution in [1.82, 2.24) is 14.7 Å². The lowest BCUT2D eigenvalue weighted by atomic mass is 9.83. The van der Waals surface area contributed by atoms with E-state index in [1.54, 1.807) is 12.4 Å². The molecule has 0 spiro atoms. The van der Waals surface area contributed by atoms with Crippen LogP contribution in [0.4, 0.5) is 10.5 Å². The summed E-state index contributed by atoms with van der Waals surface area (Å²) in [4.78, 5) is 25.5. The largest absolute Gasteiger partial charge is 0.368 e. The summed E-state index contributed by atoms with van der Waals surface area (Å²) in [6.07, 6.45) is 11.8. The summed E-state index contributed by atoms with van der Waals surface area (Å²) in [5.41, 5.74) is 5.74. The van der Waals surface area contributed by atoms with Gasteiger partial charge in [-0.25, -0.2) is 4.79 Å². The van der Waals surface area contributed by atoms with Gasteiger partial charge in [-0.3, -0.25) is 9.48 Å². The minimum absolute atomic E-state index is 0.0181. The molecule has 2 aliphatic rings. The SMILES string of the molecule is NC(=O)Cn1cc(NC(=O)N2CCCC2C2CCCCC2)cn1. The molecule has 0 radical (unpaired) electrons. The second-order valence-corrected chi connectivity index (χ2v) is 6.62. The van der Waals surface area contributed by atoms with Gasteiger partial charge in [0.05, 0.1) is 11.9 Å². The number of carbonyl (C=O) groups excluding carboxylic acids is 2. The lowest BCUT2D eigenvalue weighted by Gasteiger charge is -2.33. The monoisotopic (exact) mass is 319 g/mol. The lowest BCUT2D eigenvalue weighted by molar-refractivity contribution is -0.118. The average molecular weight is 319 g/mol. The van der Waals surface area contributed by atoms with E-state index in [2.05, 4.69) is 10.4 Å². The first-order valence-electron chi connectivity index (χ1n) is 8.52. The van der Waals surface area contributed by atoms with Gasteiger partial charge in [0.15, 0.2) is 0 Å². The van der Waals surface area contributed by atoms with Crippen molar-refractivity contribution in [1.29, 1.82) is 0 Å². The topological polar surface area (TPSA) is 93.2 Å². The summed E-state index contributed by atoms with van der Waals surface area (Å²) in [6, 6.07) is 0.313. The third-order valence-electron chi connectivity index (χ3n) is 4.96. The molecule has 2 fully saturated rings. The summed E-state index contributed by atoms with van der Waals surface area (Å²) in [6.45, 7) is 0.840. The molecule has 1 saturated heterocycles. The van der Waals surface area contributed by atoms with Gasteiger partial charge in [0, 0.05) is 18.8 Å². The molecule has 1 saturated carbocycles. The van der Waals surface area contributed by atoms with Gasteiger partial charge in [-0.05, 0) is 31.6 Å². The van der Waals surface area contributed by atoms with Crippen LogP contribution in [-0.4, -0.2) is 39.2 Å². The third kappa shape index (κ3) is 3.83. The Morgan fingerprint density at radius 2 is 2.00 bits per heavy atom. The number of urea groups is 1. The van der Waals surface area contributed by atoms with Gasteiger partial charge >= 0.3 is 6.03 Å². The molecule has 126 valence electrons. The molecule has 1 unspecified atom stereocenters. The number of nitrogens with one attached hydrogen (secondary N) is 1. The zero-order valence-electron chi connectivity index (χ0n) is 13.4. The molecule has 1 atom stereocenters. The molecule has 0 bridgehead atoms. The Kier molecular flexibility index (Phi) is 4.83. The van der Waals surface area contributed by atoms with Crippen molar-refractivity contribution in [2.45, 2.75) is 57.5 Å². The normalized spacial score (nSPS) is 22.3. The van der Waals surface area contributed by atoms with Gasteiger partial charge in [0.1, 0.15) is 6.54 Å². The molecule has 3 N–H and O–H groups in total. The van der Waals surface area contributed by atoms with E-state index in [0.29, 0.717) is 17.6 Å². The molecule has 1 aliphatic heterocycles. The first-order valence-corrected chi connectivity index (χ1v) is 8.52. The minimum Gasteiger partial charge on any atom is -0.368 e. The van der Waals surface area contributed by atoms with Crippen molar-refractivity contribution in [3.05, 3.63) is 12.4 Å². The van der Waals surface area contributed by atoms with Crippen LogP contribution in [0.25, 0.3) is 0 Å². The van der Waals surface area contributed by atoms with Crippen molar-refractivity contribution < 1.29 is 9.59 Å². The maximum absolute atomic E-state index is 12.6. The van der Waals surface area contributed by atoms with Crippen molar-refractivity contribution in [2.75, 3.05) is 11.9 Å². The molecule has 1 aliphatic carbocycles. The molecule has 7 heteroatoms. The molecule has 2 heterocycles. The van der Waals surface area contributed by atoms with Crippen LogP contribution in [0.5, 0.6) is 0 Å². The Labute approximate surface area is 136 Å². The van der Waals surface area contributed by atoms with Crippen molar-refractivity contribution in [3.8, 4) is 0 Å². The molecule has 3 amide bonds. The highest BCUT2D eigenvalue weighted by molar-refractivity contribution is 5.89. The average Bonchev–Trinajstić information content (AvgIpc) is 3.17. The Hall–Kier alpha value is -2.05. The van der Waals surface area contributed by atoms with Gasteiger partial charge in [0.25, 0.3) is 0 Å². The summed E-state index contributed by atoms with van der Waals surface area (Å²) >= 11 is 0. The number of amides is 3. The van der Waals surface area contributed by atoms with E-state index in [4.69, 9.17) is 5.73 Å². The Morgan fingerprint density at radius 3 is 2.74 bits per heavy atom. The van der Waals surface area contributed by atoms with Crippen LogP contribution in [0.1, 0.15) is 44.9 Å². The minimum atomic E-state index is -0.456. The number of anilines is 1. The standard InChI is InChI=1S/C16H25N5O2/c17-15(22)11-20-10-13(9-18-20)19-16(23)21-8-4-7-14(21)12-5-2-1-3-6-12/h9-10,12,14H,1-8,11H2,(H2,17,22)(H,19,23). The molecule has 3 rings (SSSR count). The number of aromatic nitrogens is 2. The fraction of sp³-hybridized carbons (Fsp3) is 0.688. The number of hydrogen-bond donors (Lipinski definition) is 2. The lowest BCUT2D eigenvalue weighted by Crippen LogP contribution is -2.43. The van der Waals surface area contributed by atoms with Crippen LogP contribution in [0.3, 0.4) is 0 Å². The Morgan fingerprint density at radius 1 is 1.22 bits per heavy atom. The summed E-state index contributed by atoms with van der Waals surface area (Å²) in [7, 11) is 0. The highest BCUT2D eigenvalue weighted by atomic mass is 16.2. The van der Waals surface area contributed by atoms with E-state index in [1.807, 2.05) is 4.90 Å². The predicted molar refractivity (Wildman–Crippen MR) is 86.7 cm³/mol. The molecular weight excluding hydrogens is 294 g/mol. The second kappa shape index (κ2) is 7.02. The zero-order valence-corrected chi connectivity index (χ0v) is 13.4. The van der Waals surface area contributed by atoms with Crippen LogP contribution in [0, 0.1) is 5.92 Å². The van der Waals surface area contributed by atoms with Crippen LogP contribution in [0.2, 0.25) is 0 Å². The molecule has 1 aromatic heterocycles. The van der Waals surface area contributed by atoms with Gasteiger partial charge in [-0.1, -0.05) is 19.3 Å². The number of nitrogens with two attached hydrogens (primary N) is 1. The zero-order chi connectivity index (χ0) is 16.2. The number of primary amides is 1. The van der Waals surface area contributed by atoms with E-state index in [-0.39, 0.29) is 12.6 Å². The summed E-state index contributed by atoms with van der Waals surface area (Å²) in [5.74, 6) is 0.192. The molecule has 7 nitrogen and oxygen atoms in total. The van der Waals surface area contributed by atoms with Crippen LogP contribution < -0.4 is 11.1 Å². The number of likely N-dealkylation sites (tertiary alicyclic amines) is 1. The highest BCUT2D eigenvalue weighted by Crippen LogP contribution is 2.34. The number of carbonyl (C=O) groups is 2. The van der Waals surface area contributed by atoms with Crippen LogP contribution >= 0.6 is 0 Å². The quantitative estimate of drug-likeness (QED) is 0.888. The summed E-state index contributed by atoms with van der Waals surface area (Å²) in [5, 5.41) is 6.93. The second-order valence-electron chi connectivity index (χ2n) is 6.62. The van der Waals surface area contributed by atoms with Crippen LogP contribution in [0.15, 0.2) is 12.4 Å². The maximum atomic E-state index is 12.6. The highest BCUT2D eigenvalue weighted by Gasteiger charge is 2.35. The van der Waals surface area contributed by atoms with E-state index in [9.17, 15) is 9.59 Å². The van der Waals surface area contributed by atoms with E-state index in [0.717, 1.165) is 19.4 Å². The molecular formula is C16H25N5O2. The predicted octanol–water partition coefficient (Wildman–Crippen LogP) is 1.94. The van der Waals surface area contributed by atoms with E-state index >= 15 is 0 Å². The van der Waals surface area contributed by atoms with Crippen molar-refractivity contribution in [3.63, 3.8) is 0 Å². The Bertz CT molecular complexity index is 565. The van der Waals surface area contributed by atoms with Gasteiger partial charge in [0.2, 0.25) is 5.91 Å². The van der Waals surface area contributed by atoms with Gasteiger partial charge in [-0.15, -0.1) is 0 Å². The third-order valence-corrected chi connectivity index (χ3v) is 4.96. The van der Waals surface area contributed by atoms with E-state index in [1.165, 1.54) is 36.8 Å². The first-order chi connectivity index (χ1) is 11.1. The summed E-state index contributed by atoms with van der Waals surface area (Å²) < 4.78 is 1.43. The number of hydrogen-bond acceptors (Lipinski definition) is 3. The first kappa shape index (κ1) is 15.8. The fourth-order valence-corrected chi connectivity index (χ4v) is 3.92. The molecule has 1 aromatic rings. The number of rotatable bonds is 4. The Balaban J connectivity index is 1.60. The fourth-order valence-electron chi connectivity index (χ4n) is 3.92. The van der Waals surface area contributed by atoms with Gasteiger partial charge < -0.3 is 16.0 Å². The smallest absolute Gasteiger partial charge is 0.322 e. The maximum Gasteiger partial charge on any atom is 0.322 e. The molecule has 23 heavy (non-hydrogen) atoms. The number of nitrogens with zero attached hydrogens (tertiary/aromatic N) is 3. The van der Waals surface area contributed by atoms with Crippen LogP contribution in [-0.2, 0) is 11.3 Å². The van der Waals surface area contributed by atoms with Crippen molar-refractivity contribution in [2.24, 2.45) is 11.7 Å². The van der Waals surface area contributed by atoms with Crippen molar-refractivity contribution >= 4 is 17.6 Å². The molecule has 0 aromatic carbocycles. The van der Waals surface area contributed by atoms with Gasteiger partial charge in [-0.2, -0.15) is 5.10 Å².